The predicted molar refractivity (Wildman–Crippen MR) is 88.7 cm³/mol. The largest absolute Gasteiger partial charge is 0.489 e. The SMILES string of the molecule is CC(C)(C)OC(=O)N1CCc2c(cccc2OC2CCNC2)C1. The molecule has 0 spiro atoms. The molecule has 2 aliphatic heterocycles. The van der Waals surface area contributed by atoms with Crippen LogP contribution < -0.4 is 10.1 Å². The van der Waals surface area contributed by atoms with Crippen molar-refractivity contribution < 1.29 is 14.3 Å². The smallest absolute Gasteiger partial charge is 0.410 e. The number of hydrogen-bond acceptors (Lipinski definition) is 4. The molecule has 2 heterocycles. The Morgan fingerprint density at radius 3 is 2.87 bits per heavy atom. The van der Waals surface area contributed by atoms with Crippen LogP contribution in [0, 0.1) is 0 Å². The van der Waals surface area contributed by atoms with Crippen LogP contribution in [0.15, 0.2) is 18.2 Å². The summed E-state index contributed by atoms with van der Waals surface area (Å²) in [7, 11) is 0. The fourth-order valence-electron chi connectivity index (χ4n) is 3.08. The number of nitrogens with zero attached hydrogens (tertiary/aromatic N) is 1. The lowest BCUT2D eigenvalue weighted by Gasteiger charge is -2.32. The van der Waals surface area contributed by atoms with E-state index >= 15 is 0 Å². The average molecular weight is 318 g/mol. The van der Waals surface area contributed by atoms with Gasteiger partial charge < -0.3 is 19.7 Å². The summed E-state index contributed by atoms with van der Waals surface area (Å²) in [4.78, 5) is 14.0. The Balaban J connectivity index is 1.70. The highest BCUT2D eigenvalue weighted by Crippen LogP contribution is 2.30. The Bertz CT molecular complexity index is 574. The van der Waals surface area contributed by atoms with Gasteiger partial charge in [0.25, 0.3) is 0 Å². The van der Waals surface area contributed by atoms with Gasteiger partial charge in [0.15, 0.2) is 0 Å². The maximum atomic E-state index is 12.3. The summed E-state index contributed by atoms with van der Waals surface area (Å²) in [6.07, 6.45) is 1.87. The molecule has 1 aromatic carbocycles. The van der Waals surface area contributed by atoms with Gasteiger partial charge in [-0.05, 0) is 51.8 Å². The van der Waals surface area contributed by atoms with E-state index in [2.05, 4.69) is 11.4 Å². The zero-order valence-corrected chi connectivity index (χ0v) is 14.2. The highest BCUT2D eigenvalue weighted by molar-refractivity contribution is 5.69. The molecule has 0 aromatic heterocycles. The van der Waals surface area contributed by atoms with Gasteiger partial charge in [0.05, 0.1) is 0 Å². The summed E-state index contributed by atoms with van der Waals surface area (Å²) in [6, 6.07) is 6.13. The lowest BCUT2D eigenvalue weighted by molar-refractivity contribution is 0.0222. The molecule has 0 aliphatic carbocycles. The van der Waals surface area contributed by atoms with Gasteiger partial charge in [-0.15, -0.1) is 0 Å². The number of benzene rings is 1. The van der Waals surface area contributed by atoms with Gasteiger partial charge in [-0.1, -0.05) is 12.1 Å². The Kier molecular flexibility index (Phi) is 4.48. The number of amides is 1. The third kappa shape index (κ3) is 3.96. The van der Waals surface area contributed by atoms with E-state index in [1.54, 1.807) is 4.90 Å². The van der Waals surface area contributed by atoms with Crippen molar-refractivity contribution in [2.24, 2.45) is 0 Å². The molecule has 1 fully saturated rings. The minimum atomic E-state index is -0.461. The van der Waals surface area contributed by atoms with Crippen molar-refractivity contribution in [3.05, 3.63) is 29.3 Å². The molecule has 1 unspecified atom stereocenters. The van der Waals surface area contributed by atoms with Crippen LogP contribution in [-0.4, -0.2) is 42.3 Å². The number of hydrogen-bond donors (Lipinski definition) is 1. The lowest BCUT2D eigenvalue weighted by Crippen LogP contribution is -2.40. The molecule has 1 N–H and O–H groups in total. The average Bonchev–Trinajstić information content (AvgIpc) is 2.98. The first kappa shape index (κ1) is 16.1. The van der Waals surface area contributed by atoms with Crippen molar-refractivity contribution >= 4 is 6.09 Å². The van der Waals surface area contributed by atoms with E-state index < -0.39 is 5.60 Å². The number of carbonyl (C=O) groups excluding carboxylic acids is 1. The summed E-state index contributed by atoms with van der Waals surface area (Å²) < 4.78 is 11.6. The molecule has 23 heavy (non-hydrogen) atoms. The van der Waals surface area contributed by atoms with Crippen molar-refractivity contribution in [1.82, 2.24) is 10.2 Å². The molecule has 1 aromatic rings. The highest BCUT2D eigenvalue weighted by atomic mass is 16.6. The van der Waals surface area contributed by atoms with Gasteiger partial charge in [0.2, 0.25) is 0 Å². The number of carbonyl (C=O) groups is 1. The second kappa shape index (κ2) is 6.40. The summed E-state index contributed by atoms with van der Waals surface area (Å²) in [5.41, 5.74) is 1.93. The number of nitrogens with one attached hydrogen (secondary N) is 1. The Hall–Kier alpha value is -1.75. The zero-order valence-electron chi connectivity index (χ0n) is 14.2. The van der Waals surface area contributed by atoms with Crippen LogP contribution in [0.4, 0.5) is 4.79 Å². The molecule has 2 aliphatic rings. The molecule has 0 bridgehead atoms. The normalized spacial score (nSPS) is 21.0. The maximum absolute atomic E-state index is 12.3. The fourth-order valence-corrected chi connectivity index (χ4v) is 3.08. The van der Waals surface area contributed by atoms with Crippen molar-refractivity contribution in [2.45, 2.75) is 51.9 Å². The summed E-state index contributed by atoms with van der Waals surface area (Å²) in [5.74, 6) is 0.972. The molecule has 0 radical (unpaired) electrons. The van der Waals surface area contributed by atoms with Gasteiger partial charge in [0.1, 0.15) is 17.5 Å². The second-order valence-corrected chi connectivity index (χ2v) is 7.28. The van der Waals surface area contributed by atoms with Crippen LogP contribution >= 0.6 is 0 Å². The van der Waals surface area contributed by atoms with Gasteiger partial charge in [0, 0.05) is 25.2 Å². The van der Waals surface area contributed by atoms with Gasteiger partial charge >= 0.3 is 6.09 Å². The van der Waals surface area contributed by atoms with E-state index in [1.807, 2.05) is 32.9 Å². The zero-order chi connectivity index (χ0) is 16.4. The molecule has 126 valence electrons. The predicted octanol–water partition coefficient (Wildman–Crippen LogP) is 2.72. The molecule has 1 saturated heterocycles. The van der Waals surface area contributed by atoms with Crippen LogP contribution in [0.2, 0.25) is 0 Å². The number of fused-ring (bicyclic) bond motifs is 1. The Labute approximate surface area is 137 Å². The summed E-state index contributed by atoms with van der Waals surface area (Å²) >= 11 is 0. The second-order valence-electron chi connectivity index (χ2n) is 7.28. The van der Waals surface area contributed by atoms with Crippen molar-refractivity contribution in [2.75, 3.05) is 19.6 Å². The summed E-state index contributed by atoms with van der Waals surface area (Å²) in [5, 5.41) is 3.32. The first-order valence-corrected chi connectivity index (χ1v) is 8.38. The van der Waals surface area contributed by atoms with Crippen LogP contribution in [0.25, 0.3) is 0 Å². The third-order valence-electron chi connectivity index (χ3n) is 4.18. The molecule has 1 atom stereocenters. The first-order chi connectivity index (χ1) is 10.9. The fraction of sp³-hybridized carbons (Fsp3) is 0.611. The van der Waals surface area contributed by atoms with E-state index in [0.717, 1.165) is 37.2 Å². The van der Waals surface area contributed by atoms with Crippen LogP contribution in [0.3, 0.4) is 0 Å². The summed E-state index contributed by atoms with van der Waals surface area (Å²) in [6.45, 7) is 8.87. The molecule has 5 nitrogen and oxygen atoms in total. The van der Waals surface area contributed by atoms with E-state index in [1.165, 1.54) is 5.56 Å². The molecule has 1 amide bonds. The minimum absolute atomic E-state index is 0.241. The van der Waals surface area contributed by atoms with Crippen molar-refractivity contribution in [1.29, 1.82) is 0 Å². The van der Waals surface area contributed by atoms with E-state index in [0.29, 0.717) is 13.1 Å². The van der Waals surface area contributed by atoms with Crippen molar-refractivity contribution in [3.8, 4) is 5.75 Å². The van der Waals surface area contributed by atoms with Gasteiger partial charge in [-0.25, -0.2) is 4.79 Å². The van der Waals surface area contributed by atoms with E-state index in [-0.39, 0.29) is 12.2 Å². The van der Waals surface area contributed by atoms with E-state index in [9.17, 15) is 4.79 Å². The van der Waals surface area contributed by atoms with Crippen molar-refractivity contribution in [3.63, 3.8) is 0 Å². The van der Waals surface area contributed by atoms with E-state index in [4.69, 9.17) is 9.47 Å². The van der Waals surface area contributed by atoms with Gasteiger partial charge in [-0.3, -0.25) is 0 Å². The first-order valence-electron chi connectivity index (χ1n) is 8.38. The number of ether oxygens (including phenoxy) is 2. The Morgan fingerprint density at radius 1 is 1.35 bits per heavy atom. The van der Waals surface area contributed by atoms with Crippen LogP contribution in [0.1, 0.15) is 38.3 Å². The topological polar surface area (TPSA) is 50.8 Å². The monoisotopic (exact) mass is 318 g/mol. The molecular weight excluding hydrogens is 292 g/mol. The van der Waals surface area contributed by atoms with Crippen LogP contribution in [-0.2, 0) is 17.7 Å². The van der Waals surface area contributed by atoms with Crippen LogP contribution in [0.5, 0.6) is 5.75 Å². The van der Waals surface area contributed by atoms with Gasteiger partial charge in [-0.2, -0.15) is 0 Å². The Morgan fingerprint density at radius 2 is 2.17 bits per heavy atom. The molecule has 3 rings (SSSR count). The third-order valence-corrected chi connectivity index (χ3v) is 4.18. The highest BCUT2D eigenvalue weighted by Gasteiger charge is 2.27. The minimum Gasteiger partial charge on any atom is -0.489 e. The number of rotatable bonds is 2. The molecule has 5 heteroatoms. The maximum Gasteiger partial charge on any atom is 0.410 e. The lowest BCUT2D eigenvalue weighted by atomic mass is 9.99. The molecule has 0 saturated carbocycles. The quantitative estimate of drug-likeness (QED) is 0.911. The molecular formula is C18H26N2O3. The standard InChI is InChI=1S/C18H26N2O3/c1-18(2,3)23-17(21)20-10-8-15-13(12-20)5-4-6-16(15)22-14-7-9-19-11-14/h4-6,14,19H,7-12H2,1-3H3.